The number of hydrogen-bond acceptors (Lipinski definition) is 4. The maximum absolute atomic E-state index is 9.05. The zero-order chi connectivity index (χ0) is 12.0. The van der Waals surface area contributed by atoms with Crippen LogP contribution in [0.5, 0.6) is 0 Å². The highest BCUT2D eigenvalue weighted by molar-refractivity contribution is 5.29. The van der Waals surface area contributed by atoms with E-state index in [1.54, 1.807) is 6.08 Å². The molecular weight excluding hydrogens is 202 g/mol. The molecule has 4 heteroatoms. The number of allylic oxidation sites excluding steroid dienone is 3. The Morgan fingerprint density at radius 2 is 2.12 bits per heavy atom. The average molecular weight is 223 g/mol. The van der Waals surface area contributed by atoms with Crippen LogP contribution in [0.15, 0.2) is 28.7 Å². The molecule has 0 spiro atoms. The van der Waals surface area contributed by atoms with Crippen LogP contribution in [0.2, 0.25) is 0 Å². The molecule has 1 saturated heterocycles. The van der Waals surface area contributed by atoms with Crippen LogP contribution in [0.1, 0.15) is 19.8 Å². The number of aliphatic hydroxyl groups is 1. The van der Waals surface area contributed by atoms with E-state index in [1.807, 2.05) is 6.08 Å². The van der Waals surface area contributed by atoms with Crippen LogP contribution in [0.3, 0.4) is 0 Å². The Kier molecular flexibility index (Phi) is 5.05. The molecule has 1 heterocycles. The van der Waals surface area contributed by atoms with E-state index >= 15 is 0 Å². The molecule has 1 fully saturated rings. The molecule has 0 unspecified atom stereocenters. The van der Waals surface area contributed by atoms with Crippen LogP contribution in [0.25, 0.3) is 0 Å². The monoisotopic (exact) mass is 223 g/mol. The Labute approximate surface area is 97.2 Å². The molecule has 4 nitrogen and oxygen atoms in total. The number of nitrogens with zero attached hydrogens (tertiary/aromatic N) is 2. The molecule has 0 aromatic carbocycles. The van der Waals surface area contributed by atoms with Crippen molar-refractivity contribution in [1.29, 1.82) is 0 Å². The Morgan fingerprint density at radius 3 is 2.62 bits per heavy atom. The largest absolute Gasteiger partial charge is 0.396 e. The second-order valence-electron chi connectivity index (χ2n) is 4.17. The normalized spacial score (nSPS) is 20.0. The van der Waals surface area contributed by atoms with Crippen molar-refractivity contribution >= 4 is 6.72 Å². The molecule has 16 heavy (non-hydrogen) atoms. The van der Waals surface area contributed by atoms with Gasteiger partial charge in [0, 0.05) is 25.4 Å². The first-order chi connectivity index (χ1) is 7.67. The molecule has 0 amide bonds. The summed E-state index contributed by atoms with van der Waals surface area (Å²) in [5.41, 5.74) is 6.71. The number of hydrogen-bond donors (Lipinski definition) is 2. The lowest BCUT2D eigenvalue weighted by molar-refractivity contribution is 0.151. The van der Waals surface area contributed by atoms with Crippen molar-refractivity contribution in [1.82, 2.24) is 4.90 Å². The molecule has 90 valence electrons. The van der Waals surface area contributed by atoms with Crippen molar-refractivity contribution < 1.29 is 5.11 Å². The molecular formula is C12H21N3O. The topological polar surface area (TPSA) is 61.8 Å². The molecule has 1 aliphatic rings. The van der Waals surface area contributed by atoms with Crippen LogP contribution in [-0.4, -0.2) is 36.4 Å². The smallest absolute Gasteiger partial charge is 0.122 e. The van der Waals surface area contributed by atoms with Gasteiger partial charge in [0.05, 0.1) is 0 Å². The first-order valence-electron chi connectivity index (χ1n) is 5.64. The fourth-order valence-electron chi connectivity index (χ4n) is 1.83. The maximum Gasteiger partial charge on any atom is 0.122 e. The van der Waals surface area contributed by atoms with Gasteiger partial charge in [-0.3, -0.25) is 0 Å². The van der Waals surface area contributed by atoms with Gasteiger partial charge in [-0.15, -0.1) is 0 Å². The van der Waals surface area contributed by atoms with E-state index in [0.29, 0.717) is 18.3 Å². The zero-order valence-electron chi connectivity index (χ0n) is 9.89. The summed E-state index contributed by atoms with van der Waals surface area (Å²) in [6.07, 6.45) is 5.84. The zero-order valence-corrected chi connectivity index (χ0v) is 9.89. The maximum atomic E-state index is 9.05. The lowest BCUT2D eigenvalue weighted by atomic mass is 9.97. The van der Waals surface area contributed by atoms with Gasteiger partial charge < -0.3 is 15.7 Å². The van der Waals surface area contributed by atoms with Crippen LogP contribution in [0.4, 0.5) is 0 Å². The second kappa shape index (κ2) is 6.33. The van der Waals surface area contributed by atoms with E-state index in [-0.39, 0.29) is 0 Å². The molecule has 0 radical (unpaired) electrons. The van der Waals surface area contributed by atoms with Gasteiger partial charge in [-0.1, -0.05) is 0 Å². The second-order valence-corrected chi connectivity index (χ2v) is 4.17. The lowest BCUT2D eigenvalue weighted by Crippen LogP contribution is -2.33. The summed E-state index contributed by atoms with van der Waals surface area (Å²) < 4.78 is 0. The minimum atomic E-state index is 0.309. The number of likely N-dealkylation sites (tertiary alicyclic amines) is 1. The summed E-state index contributed by atoms with van der Waals surface area (Å²) in [4.78, 5) is 5.93. The number of rotatable bonds is 4. The fourth-order valence-corrected chi connectivity index (χ4v) is 1.83. The summed E-state index contributed by atoms with van der Waals surface area (Å²) in [5, 5.41) is 9.05. The highest BCUT2D eigenvalue weighted by Gasteiger charge is 2.17. The van der Waals surface area contributed by atoms with E-state index in [4.69, 9.17) is 10.8 Å². The highest BCUT2D eigenvalue weighted by Crippen LogP contribution is 2.19. The summed E-state index contributed by atoms with van der Waals surface area (Å²) in [7, 11) is 0. The van der Waals surface area contributed by atoms with Crippen molar-refractivity contribution in [3.8, 4) is 0 Å². The highest BCUT2D eigenvalue weighted by atomic mass is 16.3. The van der Waals surface area contributed by atoms with E-state index in [0.717, 1.165) is 25.9 Å². The Hall–Kier alpha value is -1.29. The minimum Gasteiger partial charge on any atom is -0.396 e. The van der Waals surface area contributed by atoms with Crippen molar-refractivity contribution in [2.75, 3.05) is 19.7 Å². The Morgan fingerprint density at radius 1 is 1.50 bits per heavy atom. The van der Waals surface area contributed by atoms with Crippen molar-refractivity contribution in [3.63, 3.8) is 0 Å². The third-order valence-corrected chi connectivity index (χ3v) is 3.05. The Balaban J connectivity index is 2.50. The van der Waals surface area contributed by atoms with Gasteiger partial charge in [-0.05, 0) is 44.6 Å². The molecule has 0 bridgehead atoms. The van der Waals surface area contributed by atoms with Crippen LogP contribution in [0, 0.1) is 5.92 Å². The van der Waals surface area contributed by atoms with Gasteiger partial charge >= 0.3 is 0 Å². The van der Waals surface area contributed by atoms with Crippen molar-refractivity contribution in [2.24, 2.45) is 16.6 Å². The number of piperidine rings is 1. The lowest BCUT2D eigenvalue weighted by Gasteiger charge is -2.33. The van der Waals surface area contributed by atoms with Crippen LogP contribution >= 0.6 is 0 Å². The minimum absolute atomic E-state index is 0.309. The first kappa shape index (κ1) is 12.8. The molecule has 3 N–H and O–H groups in total. The summed E-state index contributed by atoms with van der Waals surface area (Å²) in [5.74, 6) is 0.907. The standard InChI is InChI=1S/C12H21N3O/c1-10(3-4-12(13)14-2)15-7-5-11(9-16)6-8-15/h3-4,11,16H,2,5-9,13H2,1H3/b10-3+,12-4-. The van der Waals surface area contributed by atoms with E-state index in [2.05, 4.69) is 23.5 Å². The van der Waals surface area contributed by atoms with E-state index in [9.17, 15) is 0 Å². The van der Waals surface area contributed by atoms with Crippen LogP contribution in [-0.2, 0) is 0 Å². The molecule has 0 aromatic heterocycles. The molecule has 1 rings (SSSR count). The van der Waals surface area contributed by atoms with Crippen molar-refractivity contribution in [3.05, 3.63) is 23.7 Å². The predicted octanol–water partition coefficient (Wildman–Crippen LogP) is 1.10. The molecule has 0 saturated carbocycles. The number of aliphatic imine (C=N–C) groups is 1. The number of aliphatic hydroxyl groups excluding tert-OH is 1. The number of nitrogens with two attached hydrogens (primary N) is 1. The first-order valence-corrected chi connectivity index (χ1v) is 5.64. The third kappa shape index (κ3) is 3.70. The molecule has 1 aliphatic heterocycles. The van der Waals surface area contributed by atoms with Crippen LogP contribution < -0.4 is 5.73 Å². The van der Waals surface area contributed by atoms with Gasteiger partial charge in [0.15, 0.2) is 0 Å². The fraction of sp³-hybridized carbons (Fsp3) is 0.583. The third-order valence-electron chi connectivity index (χ3n) is 3.05. The van der Waals surface area contributed by atoms with Gasteiger partial charge in [0.2, 0.25) is 0 Å². The van der Waals surface area contributed by atoms with Gasteiger partial charge in [0.25, 0.3) is 0 Å². The molecule has 0 aromatic rings. The van der Waals surface area contributed by atoms with Gasteiger partial charge in [0.1, 0.15) is 5.82 Å². The van der Waals surface area contributed by atoms with Crippen molar-refractivity contribution in [2.45, 2.75) is 19.8 Å². The summed E-state index contributed by atoms with van der Waals surface area (Å²) in [6.45, 7) is 7.73. The molecule has 0 aliphatic carbocycles. The molecule has 0 atom stereocenters. The SMILES string of the molecule is C=N/C(N)=C\C=C(/C)N1CCC(CO)CC1. The predicted molar refractivity (Wildman–Crippen MR) is 67.0 cm³/mol. The van der Waals surface area contributed by atoms with E-state index < -0.39 is 0 Å². The quantitative estimate of drug-likeness (QED) is 0.554. The summed E-state index contributed by atoms with van der Waals surface area (Å²) >= 11 is 0. The van der Waals surface area contributed by atoms with Gasteiger partial charge in [-0.2, -0.15) is 0 Å². The van der Waals surface area contributed by atoms with Gasteiger partial charge in [-0.25, -0.2) is 4.99 Å². The summed E-state index contributed by atoms with van der Waals surface area (Å²) in [6, 6.07) is 0. The van der Waals surface area contributed by atoms with E-state index in [1.165, 1.54) is 5.70 Å². The Bertz CT molecular complexity index is 289. The average Bonchev–Trinajstić information content (AvgIpc) is 2.35.